The first-order valence-corrected chi connectivity index (χ1v) is 7.35. The number of carbonyl (C=O) groups excluding carboxylic acids is 3. The van der Waals surface area contributed by atoms with Crippen LogP contribution in [0.5, 0.6) is 0 Å². The number of methoxy groups -OCH3 is 2. The summed E-state index contributed by atoms with van der Waals surface area (Å²) >= 11 is 0. The van der Waals surface area contributed by atoms with Gasteiger partial charge < -0.3 is 14.2 Å². The van der Waals surface area contributed by atoms with Crippen molar-refractivity contribution in [3.05, 3.63) is 36.5 Å². The van der Waals surface area contributed by atoms with Gasteiger partial charge in [-0.05, 0) is 27.2 Å². The van der Waals surface area contributed by atoms with Crippen molar-refractivity contribution >= 4 is 17.9 Å². The second kappa shape index (κ2) is 17.0. The zero-order chi connectivity index (χ0) is 19.7. The van der Waals surface area contributed by atoms with Crippen LogP contribution in [0.15, 0.2) is 36.5 Å². The molecule has 0 rings (SSSR count). The minimum Gasteiger partial charge on any atom is -0.466 e. The van der Waals surface area contributed by atoms with Crippen LogP contribution in [-0.2, 0) is 28.6 Å². The zero-order valence-electron chi connectivity index (χ0n) is 15.7. The second-order valence-electron chi connectivity index (χ2n) is 4.81. The van der Waals surface area contributed by atoms with Crippen LogP contribution in [0.1, 0.15) is 40.5 Å². The number of hydrogen-bond donors (Lipinski definition) is 0. The Morgan fingerprint density at radius 1 is 0.750 bits per heavy atom. The van der Waals surface area contributed by atoms with Crippen LogP contribution in [0, 0.1) is 0 Å². The SMILES string of the molecule is C=C(C)C(=O)OC.C=C(C)C(=O)OC.C=C(C)C(=O)OCCCC. The van der Waals surface area contributed by atoms with E-state index in [0.717, 1.165) is 12.8 Å². The van der Waals surface area contributed by atoms with Crippen LogP contribution < -0.4 is 0 Å². The van der Waals surface area contributed by atoms with Crippen molar-refractivity contribution in [2.75, 3.05) is 20.8 Å². The van der Waals surface area contributed by atoms with Crippen LogP contribution in [0.2, 0.25) is 0 Å². The smallest absolute Gasteiger partial charge is 0.333 e. The highest BCUT2D eigenvalue weighted by molar-refractivity contribution is 5.87. The van der Waals surface area contributed by atoms with E-state index in [4.69, 9.17) is 4.74 Å². The first-order valence-electron chi connectivity index (χ1n) is 7.35. The molecule has 0 N–H and O–H groups in total. The van der Waals surface area contributed by atoms with Gasteiger partial charge in [-0.15, -0.1) is 0 Å². The maximum atomic E-state index is 10.7. The zero-order valence-corrected chi connectivity index (χ0v) is 15.7. The van der Waals surface area contributed by atoms with Gasteiger partial charge in [-0.25, -0.2) is 14.4 Å². The number of esters is 3. The van der Waals surface area contributed by atoms with Gasteiger partial charge in [0.05, 0.1) is 20.8 Å². The molecule has 0 heterocycles. The monoisotopic (exact) mass is 342 g/mol. The van der Waals surface area contributed by atoms with E-state index in [1.165, 1.54) is 14.2 Å². The topological polar surface area (TPSA) is 78.9 Å². The highest BCUT2D eigenvalue weighted by Crippen LogP contribution is 1.94. The van der Waals surface area contributed by atoms with Crippen molar-refractivity contribution < 1.29 is 28.6 Å². The fourth-order valence-corrected chi connectivity index (χ4v) is 0.781. The molecule has 138 valence electrons. The van der Waals surface area contributed by atoms with E-state index in [-0.39, 0.29) is 17.9 Å². The van der Waals surface area contributed by atoms with Crippen molar-refractivity contribution in [1.82, 2.24) is 0 Å². The van der Waals surface area contributed by atoms with Crippen LogP contribution >= 0.6 is 0 Å². The maximum Gasteiger partial charge on any atom is 0.333 e. The summed E-state index contributed by atoms with van der Waals surface area (Å²) in [5.41, 5.74) is 1.33. The van der Waals surface area contributed by atoms with E-state index in [1.807, 2.05) is 0 Å². The summed E-state index contributed by atoms with van der Waals surface area (Å²) < 4.78 is 13.4. The van der Waals surface area contributed by atoms with Gasteiger partial charge in [-0.1, -0.05) is 33.1 Å². The lowest BCUT2D eigenvalue weighted by Crippen LogP contribution is -2.05. The van der Waals surface area contributed by atoms with Crippen molar-refractivity contribution in [2.45, 2.75) is 40.5 Å². The van der Waals surface area contributed by atoms with E-state index in [0.29, 0.717) is 23.3 Å². The highest BCUT2D eigenvalue weighted by atomic mass is 16.5. The fraction of sp³-hybridized carbons (Fsp3) is 0.500. The number of carbonyl (C=O) groups is 3. The molecular formula is C18H30O6. The number of unbranched alkanes of at least 4 members (excludes halogenated alkanes) is 1. The fourth-order valence-electron chi connectivity index (χ4n) is 0.781. The van der Waals surface area contributed by atoms with Crippen LogP contribution in [-0.4, -0.2) is 38.7 Å². The highest BCUT2D eigenvalue weighted by Gasteiger charge is 2.00. The third kappa shape index (κ3) is 19.6. The summed E-state index contributed by atoms with van der Waals surface area (Å²) in [4.78, 5) is 31.1. The van der Waals surface area contributed by atoms with Gasteiger partial charge in [-0.2, -0.15) is 0 Å². The number of ether oxygens (including phenoxy) is 3. The number of rotatable bonds is 6. The van der Waals surface area contributed by atoms with Crippen molar-refractivity contribution in [2.24, 2.45) is 0 Å². The van der Waals surface area contributed by atoms with Crippen LogP contribution in [0.3, 0.4) is 0 Å². The molecule has 0 amide bonds. The van der Waals surface area contributed by atoms with Gasteiger partial charge in [0.25, 0.3) is 0 Å². The van der Waals surface area contributed by atoms with E-state index in [9.17, 15) is 14.4 Å². The summed E-state index contributed by atoms with van der Waals surface area (Å²) in [5.74, 6) is -0.978. The lowest BCUT2D eigenvalue weighted by Gasteiger charge is -2.01. The van der Waals surface area contributed by atoms with E-state index < -0.39 is 0 Å². The molecule has 0 atom stereocenters. The predicted molar refractivity (Wildman–Crippen MR) is 94.3 cm³/mol. The Labute approximate surface area is 145 Å². The summed E-state index contributed by atoms with van der Waals surface area (Å²) in [6, 6.07) is 0. The van der Waals surface area contributed by atoms with Crippen molar-refractivity contribution in [3.8, 4) is 0 Å². The van der Waals surface area contributed by atoms with Gasteiger partial charge in [0.1, 0.15) is 0 Å². The summed E-state index contributed by atoms with van der Waals surface area (Å²) in [7, 11) is 2.66. The Morgan fingerprint density at radius 3 is 1.25 bits per heavy atom. The van der Waals surface area contributed by atoms with Gasteiger partial charge in [0.2, 0.25) is 0 Å². The quantitative estimate of drug-likeness (QED) is 0.319. The molecule has 0 aliphatic rings. The standard InChI is InChI=1S/C8H14O2.2C5H8O2/c1-4-5-6-10-8(9)7(2)3;2*1-4(2)5(6)7-3/h2,4-6H2,1,3H3;2*1H2,2-3H3. The van der Waals surface area contributed by atoms with Gasteiger partial charge >= 0.3 is 17.9 Å². The van der Waals surface area contributed by atoms with Gasteiger partial charge in [0, 0.05) is 16.7 Å². The molecule has 0 aliphatic carbocycles. The average molecular weight is 342 g/mol. The third-order valence-corrected chi connectivity index (χ3v) is 2.15. The lowest BCUT2D eigenvalue weighted by atomic mass is 10.3. The Balaban J connectivity index is -0.000000283. The summed E-state index contributed by atoms with van der Waals surface area (Å²) in [6.45, 7) is 17.6. The van der Waals surface area contributed by atoms with Crippen molar-refractivity contribution in [1.29, 1.82) is 0 Å². The minimum atomic E-state index is -0.347. The van der Waals surface area contributed by atoms with Gasteiger partial charge in [0.15, 0.2) is 0 Å². The molecule has 0 unspecified atom stereocenters. The molecule has 0 saturated heterocycles. The summed E-state index contributed by atoms with van der Waals surface area (Å²) in [6.07, 6.45) is 1.97. The molecule has 6 nitrogen and oxygen atoms in total. The largest absolute Gasteiger partial charge is 0.466 e. The molecule has 0 aromatic carbocycles. The molecule has 6 heteroatoms. The van der Waals surface area contributed by atoms with Crippen LogP contribution in [0.4, 0.5) is 0 Å². The predicted octanol–water partition coefficient (Wildman–Crippen LogP) is 3.38. The van der Waals surface area contributed by atoms with Crippen LogP contribution in [0.25, 0.3) is 0 Å². The maximum absolute atomic E-state index is 10.7. The first kappa shape index (κ1) is 26.5. The Kier molecular flexibility index (Phi) is 18.8. The molecule has 0 aliphatic heterocycles. The average Bonchev–Trinajstić information content (AvgIpc) is 2.54. The first-order chi connectivity index (χ1) is 11.0. The molecule has 0 aromatic heterocycles. The normalized spacial score (nSPS) is 8.25. The molecule has 0 aromatic rings. The molecule has 0 spiro atoms. The van der Waals surface area contributed by atoms with E-state index in [2.05, 4.69) is 36.1 Å². The Morgan fingerprint density at radius 2 is 1.08 bits per heavy atom. The minimum absolute atomic E-state index is 0.284. The Hall–Kier alpha value is -2.37. The lowest BCUT2D eigenvalue weighted by molar-refractivity contribution is -0.139. The molecule has 0 radical (unpaired) electrons. The van der Waals surface area contributed by atoms with E-state index in [1.54, 1.807) is 20.8 Å². The number of hydrogen-bond acceptors (Lipinski definition) is 6. The summed E-state index contributed by atoms with van der Waals surface area (Å²) in [5, 5.41) is 0. The molecular weight excluding hydrogens is 312 g/mol. The second-order valence-corrected chi connectivity index (χ2v) is 4.81. The molecule has 0 bridgehead atoms. The van der Waals surface area contributed by atoms with Crippen molar-refractivity contribution in [3.63, 3.8) is 0 Å². The third-order valence-electron chi connectivity index (χ3n) is 2.15. The Bertz CT molecular complexity index is 422. The molecule has 0 fully saturated rings. The van der Waals surface area contributed by atoms with Gasteiger partial charge in [-0.3, -0.25) is 0 Å². The molecule has 0 saturated carbocycles. The molecule has 24 heavy (non-hydrogen) atoms. The van der Waals surface area contributed by atoms with E-state index >= 15 is 0 Å².